The molecule has 1 aliphatic heterocycles. The van der Waals surface area contributed by atoms with E-state index in [1.807, 2.05) is 20.8 Å². The van der Waals surface area contributed by atoms with Gasteiger partial charge < -0.3 is 14.4 Å². The number of nitrogens with zero attached hydrogens (tertiary/aromatic N) is 1. The predicted molar refractivity (Wildman–Crippen MR) is 84.9 cm³/mol. The summed E-state index contributed by atoms with van der Waals surface area (Å²) in [6.07, 6.45) is 1.60. The van der Waals surface area contributed by atoms with Gasteiger partial charge in [0.05, 0.1) is 12.3 Å². The molecule has 0 N–H and O–H groups in total. The van der Waals surface area contributed by atoms with E-state index in [0.29, 0.717) is 29.4 Å². The van der Waals surface area contributed by atoms with Gasteiger partial charge in [-0.05, 0) is 46.2 Å². The molecule has 0 aromatic heterocycles. The number of hydrogen-bond donors (Lipinski definition) is 0. The van der Waals surface area contributed by atoms with E-state index >= 15 is 0 Å². The Kier molecular flexibility index (Phi) is 4.44. The zero-order valence-electron chi connectivity index (χ0n) is 13.8. The van der Waals surface area contributed by atoms with Gasteiger partial charge in [0, 0.05) is 11.6 Å². The summed E-state index contributed by atoms with van der Waals surface area (Å²) in [6.45, 7) is 9.88. The van der Waals surface area contributed by atoms with Gasteiger partial charge in [0.15, 0.2) is 17.1 Å². The molecule has 120 valence electrons. The second kappa shape index (κ2) is 5.99. The minimum absolute atomic E-state index is 0.0460. The zero-order chi connectivity index (χ0) is 16.5. The largest absolute Gasteiger partial charge is 0.490 e. The number of rotatable bonds is 5. The molecule has 1 heterocycles. The lowest BCUT2D eigenvalue weighted by molar-refractivity contribution is -0.133. The predicted octanol–water partition coefficient (Wildman–Crippen LogP) is 3.20. The molecule has 0 bridgehead atoms. The number of anilines is 1. The normalized spacial score (nSPS) is 16.3. The summed E-state index contributed by atoms with van der Waals surface area (Å²) >= 11 is 0. The molecular weight excluding hydrogens is 282 g/mol. The molecule has 1 amide bonds. The Balaban J connectivity index is 2.63. The van der Waals surface area contributed by atoms with Gasteiger partial charge in [0.1, 0.15) is 6.29 Å². The Morgan fingerprint density at radius 1 is 1.36 bits per heavy atom. The van der Waals surface area contributed by atoms with Gasteiger partial charge >= 0.3 is 0 Å². The third-order valence-electron chi connectivity index (χ3n) is 3.52. The van der Waals surface area contributed by atoms with Gasteiger partial charge in [-0.1, -0.05) is 6.92 Å². The molecule has 0 atom stereocenters. The number of hydrogen-bond acceptors (Lipinski definition) is 4. The van der Waals surface area contributed by atoms with E-state index in [0.717, 1.165) is 12.7 Å². The maximum absolute atomic E-state index is 12.6. The van der Waals surface area contributed by atoms with E-state index in [-0.39, 0.29) is 11.9 Å². The molecule has 0 fully saturated rings. The van der Waals surface area contributed by atoms with Crippen LogP contribution in [-0.2, 0) is 4.79 Å². The Hall–Kier alpha value is -2.04. The van der Waals surface area contributed by atoms with Crippen molar-refractivity contribution in [3.05, 3.63) is 17.7 Å². The van der Waals surface area contributed by atoms with Crippen molar-refractivity contribution >= 4 is 17.9 Å². The quantitative estimate of drug-likeness (QED) is 0.784. The molecule has 0 unspecified atom stereocenters. The highest BCUT2D eigenvalue weighted by molar-refractivity contribution is 6.04. The van der Waals surface area contributed by atoms with Crippen molar-refractivity contribution < 1.29 is 19.1 Å². The van der Waals surface area contributed by atoms with Crippen molar-refractivity contribution in [2.45, 2.75) is 52.7 Å². The summed E-state index contributed by atoms with van der Waals surface area (Å²) in [4.78, 5) is 25.5. The number of carbonyl (C=O) groups is 2. The number of carbonyl (C=O) groups excluding carboxylic acids is 2. The molecular formula is C17H23NO4. The van der Waals surface area contributed by atoms with Crippen LogP contribution in [0.2, 0.25) is 0 Å². The van der Waals surface area contributed by atoms with Crippen LogP contribution in [0.25, 0.3) is 0 Å². The smallest absolute Gasteiger partial charge is 0.270 e. The topological polar surface area (TPSA) is 55.8 Å². The Morgan fingerprint density at radius 2 is 2.05 bits per heavy atom. The van der Waals surface area contributed by atoms with E-state index in [1.54, 1.807) is 30.9 Å². The fourth-order valence-corrected chi connectivity index (χ4v) is 2.49. The monoisotopic (exact) mass is 305 g/mol. The average Bonchev–Trinajstić information content (AvgIpc) is 2.45. The summed E-state index contributed by atoms with van der Waals surface area (Å²) in [5.41, 5.74) is 0.0891. The van der Waals surface area contributed by atoms with Crippen molar-refractivity contribution in [3.8, 4) is 11.5 Å². The van der Waals surface area contributed by atoms with Crippen LogP contribution in [-0.4, -0.2) is 30.4 Å². The second-order valence-corrected chi connectivity index (χ2v) is 6.21. The van der Waals surface area contributed by atoms with Crippen molar-refractivity contribution in [2.24, 2.45) is 0 Å². The van der Waals surface area contributed by atoms with Gasteiger partial charge in [0.25, 0.3) is 5.91 Å². The minimum atomic E-state index is -0.968. The molecule has 0 saturated carbocycles. The summed E-state index contributed by atoms with van der Waals surface area (Å²) in [5.74, 6) is 0.907. The lowest BCUT2D eigenvalue weighted by Crippen LogP contribution is -2.54. The first-order valence-electron chi connectivity index (χ1n) is 7.60. The number of ether oxygens (including phenoxy) is 2. The maximum Gasteiger partial charge on any atom is 0.270 e. The number of aldehydes is 1. The van der Waals surface area contributed by atoms with E-state index in [9.17, 15) is 9.59 Å². The number of amides is 1. The van der Waals surface area contributed by atoms with Gasteiger partial charge in [-0.15, -0.1) is 0 Å². The SMILES string of the molecule is CCCOc1cc(C=O)cc2c1OC(C)(C)C(=O)N2C(C)C. The minimum Gasteiger partial charge on any atom is -0.490 e. The molecule has 0 spiro atoms. The Bertz CT molecular complexity index is 593. The molecule has 1 aromatic carbocycles. The number of fused-ring (bicyclic) bond motifs is 1. The lowest BCUT2D eigenvalue weighted by Gasteiger charge is -2.41. The van der Waals surface area contributed by atoms with E-state index < -0.39 is 5.60 Å². The van der Waals surface area contributed by atoms with Gasteiger partial charge in [-0.2, -0.15) is 0 Å². The van der Waals surface area contributed by atoms with Crippen LogP contribution in [0.15, 0.2) is 12.1 Å². The summed E-state index contributed by atoms with van der Waals surface area (Å²) in [7, 11) is 0. The van der Waals surface area contributed by atoms with Gasteiger partial charge in [-0.3, -0.25) is 9.59 Å². The third-order valence-corrected chi connectivity index (χ3v) is 3.52. The summed E-state index contributed by atoms with van der Waals surface area (Å²) in [5, 5.41) is 0. The van der Waals surface area contributed by atoms with Crippen LogP contribution in [0.4, 0.5) is 5.69 Å². The summed E-state index contributed by atoms with van der Waals surface area (Å²) < 4.78 is 11.6. The van der Waals surface area contributed by atoms with Crippen molar-refractivity contribution in [1.29, 1.82) is 0 Å². The van der Waals surface area contributed by atoms with Crippen molar-refractivity contribution in [3.63, 3.8) is 0 Å². The molecule has 5 heteroatoms. The molecule has 0 radical (unpaired) electrons. The standard InChI is InChI=1S/C17H23NO4/c1-6-7-21-14-9-12(10-19)8-13-15(14)22-17(4,5)16(20)18(13)11(2)3/h8-11H,6-7H2,1-5H3. The average molecular weight is 305 g/mol. The molecule has 5 nitrogen and oxygen atoms in total. The highest BCUT2D eigenvalue weighted by atomic mass is 16.5. The highest BCUT2D eigenvalue weighted by Crippen LogP contribution is 2.45. The Morgan fingerprint density at radius 3 is 2.59 bits per heavy atom. The first-order valence-corrected chi connectivity index (χ1v) is 7.60. The van der Waals surface area contributed by atoms with Crippen LogP contribution < -0.4 is 14.4 Å². The zero-order valence-corrected chi connectivity index (χ0v) is 13.8. The lowest BCUT2D eigenvalue weighted by atomic mass is 10.0. The van der Waals surface area contributed by atoms with Crippen molar-refractivity contribution in [1.82, 2.24) is 0 Å². The van der Waals surface area contributed by atoms with Crippen LogP contribution in [0.3, 0.4) is 0 Å². The van der Waals surface area contributed by atoms with E-state index in [4.69, 9.17) is 9.47 Å². The Labute approximate surface area is 131 Å². The van der Waals surface area contributed by atoms with Gasteiger partial charge in [0.2, 0.25) is 0 Å². The van der Waals surface area contributed by atoms with E-state index in [1.165, 1.54) is 0 Å². The first kappa shape index (κ1) is 16.3. The molecule has 0 aliphatic carbocycles. The van der Waals surface area contributed by atoms with Crippen LogP contribution in [0.1, 0.15) is 51.4 Å². The molecule has 1 aliphatic rings. The molecule has 22 heavy (non-hydrogen) atoms. The van der Waals surface area contributed by atoms with Gasteiger partial charge in [-0.25, -0.2) is 0 Å². The molecule has 1 aromatic rings. The maximum atomic E-state index is 12.6. The summed E-state index contributed by atoms with van der Waals surface area (Å²) in [6, 6.07) is 3.29. The van der Waals surface area contributed by atoms with Crippen LogP contribution in [0, 0.1) is 0 Å². The fourth-order valence-electron chi connectivity index (χ4n) is 2.49. The molecule has 0 saturated heterocycles. The molecule has 2 rings (SSSR count). The second-order valence-electron chi connectivity index (χ2n) is 6.21. The number of benzene rings is 1. The van der Waals surface area contributed by atoms with Crippen LogP contribution >= 0.6 is 0 Å². The highest BCUT2D eigenvalue weighted by Gasteiger charge is 2.43. The van der Waals surface area contributed by atoms with Crippen molar-refractivity contribution in [2.75, 3.05) is 11.5 Å². The first-order chi connectivity index (χ1) is 10.3. The fraction of sp³-hybridized carbons (Fsp3) is 0.529. The van der Waals surface area contributed by atoms with E-state index in [2.05, 4.69) is 0 Å². The third kappa shape index (κ3) is 2.80. The van der Waals surface area contributed by atoms with Crippen LogP contribution in [0.5, 0.6) is 11.5 Å².